The standard InChI is InChI=1S/C15H16N4O/c1-11(2)19-8-7-17-14(15(19)20)18(3)13-6-4-5-12(9-13)10-16/h4-9,11H,1-3H3. The van der Waals surface area contributed by atoms with Crippen LogP contribution >= 0.6 is 0 Å². The van der Waals surface area contributed by atoms with E-state index in [1.54, 1.807) is 47.1 Å². The second-order valence-corrected chi connectivity index (χ2v) is 4.78. The summed E-state index contributed by atoms with van der Waals surface area (Å²) in [6.45, 7) is 3.89. The molecule has 5 nitrogen and oxygen atoms in total. The van der Waals surface area contributed by atoms with Crippen molar-refractivity contribution in [2.45, 2.75) is 19.9 Å². The Bertz CT molecular complexity index is 712. The largest absolute Gasteiger partial charge is 0.325 e. The molecule has 1 aromatic carbocycles. The fourth-order valence-electron chi connectivity index (χ4n) is 1.96. The van der Waals surface area contributed by atoms with Gasteiger partial charge in [-0.3, -0.25) is 4.79 Å². The first-order valence-corrected chi connectivity index (χ1v) is 6.35. The maximum atomic E-state index is 12.4. The molecule has 0 saturated heterocycles. The molecule has 0 unspecified atom stereocenters. The fraction of sp³-hybridized carbons (Fsp3) is 0.267. The minimum Gasteiger partial charge on any atom is -0.325 e. The van der Waals surface area contributed by atoms with Gasteiger partial charge < -0.3 is 9.47 Å². The summed E-state index contributed by atoms with van der Waals surface area (Å²) in [6.07, 6.45) is 3.29. The summed E-state index contributed by atoms with van der Waals surface area (Å²) in [4.78, 5) is 18.2. The third-order valence-corrected chi connectivity index (χ3v) is 3.09. The average molecular weight is 268 g/mol. The highest BCUT2D eigenvalue weighted by Crippen LogP contribution is 2.20. The first kappa shape index (κ1) is 13.8. The smallest absolute Gasteiger partial charge is 0.294 e. The Hall–Kier alpha value is -2.61. The highest BCUT2D eigenvalue weighted by atomic mass is 16.1. The van der Waals surface area contributed by atoms with Crippen molar-refractivity contribution in [2.75, 3.05) is 11.9 Å². The molecular weight excluding hydrogens is 252 g/mol. The summed E-state index contributed by atoms with van der Waals surface area (Å²) in [6, 6.07) is 9.24. The van der Waals surface area contributed by atoms with Crippen LogP contribution in [0, 0.1) is 11.3 Å². The quantitative estimate of drug-likeness (QED) is 0.858. The molecule has 0 aliphatic rings. The van der Waals surface area contributed by atoms with E-state index in [-0.39, 0.29) is 11.6 Å². The third kappa shape index (κ3) is 2.54. The van der Waals surface area contributed by atoms with Crippen LogP contribution in [0.4, 0.5) is 11.5 Å². The summed E-state index contributed by atoms with van der Waals surface area (Å²) in [7, 11) is 1.77. The van der Waals surface area contributed by atoms with Gasteiger partial charge in [-0.15, -0.1) is 0 Å². The van der Waals surface area contributed by atoms with E-state index in [9.17, 15) is 4.79 Å². The van der Waals surface area contributed by atoms with Crippen molar-refractivity contribution >= 4 is 11.5 Å². The SMILES string of the molecule is CC(C)n1ccnc(N(C)c2cccc(C#N)c2)c1=O. The van der Waals surface area contributed by atoms with E-state index >= 15 is 0 Å². The van der Waals surface area contributed by atoms with Gasteiger partial charge in [0.2, 0.25) is 0 Å². The van der Waals surface area contributed by atoms with Crippen LogP contribution in [0.15, 0.2) is 41.5 Å². The summed E-state index contributed by atoms with van der Waals surface area (Å²) in [5.74, 6) is 0.344. The Morgan fingerprint density at radius 2 is 2.15 bits per heavy atom. The molecule has 0 radical (unpaired) electrons. The van der Waals surface area contributed by atoms with Crippen LogP contribution in [-0.4, -0.2) is 16.6 Å². The van der Waals surface area contributed by atoms with Gasteiger partial charge >= 0.3 is 0 Å². The van der Waals surface area contributed by atoms with Crippen molar-refractivity contribution in [3.05, 3.63) is 52.6 Å². The summed E-state index contributed by atoms with van der Waals surface area (Å²) < 4.78 is 1.63. The molecular formula is C15H16N4O. The topological polar surface area (TPSA) is 61.9 Å². The number of nitrogens with zero attached hydrogens (tertiary/aromatic N) is 4. The Labute approximate surface area is 117 Å². The number of anilines is 2. The summed E-state index contributed by atoms with van der Waals surface area (Å²) in [5.41, 5.74) is 1.16. The molecule has 0 spiro atoms. The van der Waals surface area contributed by atoms with E-state index in [4.69, 9.17) is 5.26 Å². The van der Waals surface area contributed by atoms with Gasteiger partial charge in [-0.1, -0.05) is 6.07 Å². The molecule has 0 aliphatic heterocycles. The lowest BCUT2D eigenvalue weighted by Crippen LogP contribution is -2.28. The zero-order valence-corrected chi connectivity index (χ0v) is 11.7. The van der Waals surface area contributed by atoms with Gasteiger partial charge in [-0.25, -0.2) is 4.98 Å². The molecule has 0 atom stereocenters. The number of nitriles is 1. The Morgan fingerprint density at radius 3 is 2.80 bits per heavy atom. The zero-order chi connectivity index (χ0) is 14.7. The molecule has 0 fully saturated rings. The highest BCUT2D eigenvalue weighted by Gasteiger charge is 2.13. The fourth-order valence-corrected chi connectivity index (χ4v) is 1.96. The third-order valence-electron chi connectivity index (χ3n) is 3.09. The van der Waals surface area contributed by atoms with Crippen molar-refractivity contribution in [2.24, 2.45) is 0 Å². The second kappa shape index (κ2) is 5.57. The predicted octanol–water partition coefficient (Wildman–Crippen LogP) is 2.46. The van der Waals surface area contributed by atoms with Crippen LogP contribution in [0.2, 0.25) is 0 Å². The van der Waals surface area contributed by atoms with Crippen LogP contribution < -0.4 is 10.5 Å². The Morgan fingerprint density at radius 1 is 1.40 bits per heavy atom. The molecule has 2 rings (SSSR count). The zero-order valence-electron chi connectivity index (χ0n) is 11.7. The van der Waals surface area contributed by atoms with Gasteiger partial charge in [-0.2, -0.15) is 5.26 Å². The highest BCUT2D eigenvalue weighted by molar-refractivity contribution is 5.60. The first-order valence-electron chi connectivity index (χ1n) is 6.35. The number of hydrogen-bond donors (Lipinski definition) is 0. The van der Waals surface area contributed by atoms with E-state index in [2.05, 4.69) is 11.1 Å². The van der Waals surface area contributed by atoms with Gasteiger partial charge in [0.25, 0.3) is 5.56 Å². The summed E-state index contributed by atoms with van der Waals surface area (Å²) >= 11 is 0. The lowest BCUT2D eigenvalue weighted by Gasteiger charge is -2.19. The van der Waals surface area contributed by atoms with Crippen molar-refractivity contribution in [3.8, 4) is 6.07 Å². The molecule has 1 heterocycles. The second-order valence-electron chi connectivity index (χ2n) is 4.78. The predicted molar refractivity (Wildman–Crippen MR) is 78.1 cm³/mol. The average Bonchev–Trinajstić information content (AvgIpc) is 2.46. The van der Waals surface area contributed by atoms with Crippen molar-refractivity contribution in [1.82, 2.24) is 9.55 Å². The first-order chi connectivity index (χ1) is 9.54. The normalized spacial score (nSPS) is 10.3. The molecule has 2 aromatic rings. The van der Waals surface area contributed by atoms with E-state index in [0.717, 1.165) is 5.69 Å². The molecule has 5 heteroatoms. The molecule has 102 valence electrons. The van der Waals surface area contributed by atoms with Crippen LogP contribution in [0.25, 0.3) is 0 Å². The molecule has 20 heavy (non-hydrogen) atoms. The number of benzene rings is 1. The van der Waals surface area contributed by atoms with Crippen LogP contribution in [0.3, 0.4) is 0 Å². The van der Waals surface area contributed by atoms with E-state index in [1.165, 1.54) is 0 Å². The van der Waals surface area contributed by atoms with Gasteiger partial charge in [0.15, 0.2) is 5.82 Å². The van der Waals surface area contributed by atoms with Crippen molar-refractivity contribution < 1.29 is 0 Å². The van der Waals surface area contributed by atoms with Crippen LogP contribution in [-0.2, 0) is 0 Å². The monoisotopic (exact) mass is 268 g/mol. The number of hydrogen-bond acceptors (Lipinski definition) is 4. The number of aromatic nitrogens is 2. The minimum absolute atomic E-state index is 0.0723. The van der Waals surface area contributed by atoms with Gasteiger partial charge in [0.1, 0.15) is 0 Å². The van der Waals surface area contributed by atoms with Gasteiger partial charge in [0, 0.05) is 31.2 Å². The Kier molecular flexibility index (Phi) is 3.85. The molecule has 0 aliphatic carbocycles. The van der Waals surface area contributed by atoms with E-state index < -0.39 is 0 Å². The molecule has 1 aromatic heterocycles. The minimum atomic E-state index is -0.146. The molecule has 0 N–H and O–H groups in total. The van der Waals surface area contributed by atoms with Crippen molar-refractivity contribution in [1.29, 1.82) is 5.26 Å². The molecule has 0 bridgehead atoms. The van der Waals surface area contributed by atoms with Crippen LogP contribution in [0.1, 0.15) is 25.5 Å². The Balaban J connectivity index is 2.49. The van der Waals surface area contributed by atoms with E-state index in [1.807, 2.05) is 19.9 Å². The lowest BCUT2D eigenvalue weighted by atomic mass is 10.2. The van der Waals surface area contributed by atoms with E-state index in [0.29, 0.717) is 11.4 Å². The summed E-state index contributed by atoms with van der Waals surface area (Å²) in [5, 5.41) is 8.94. The number of rotatable bonds is 3. The van der Waals surface area contributed by atoms with Gasteiger partial charge in [0.05, 0.1) is 11.6 Å². The van der Waals surface area contributed by atoms with Gasteiger partial charge in [-0.05, 0) is 32.0 Å². The van der Waals surface area contributed by atoms with Crippen molar-refractivity contribution in [3.63, 3.8) is 0 Å². The molecule has 0 saturated carbocycles. The maximum Gasteiger partial charge on any atom is 0.294 e. The maximum absolute atomic E-state index is 12.4. The lowest BCUT2D eigenvalue weighted by molar-refractivity contribution is 0.574. The van der Waals surface area contributed by atoms with Crippen LogP contribution in [0.5, 0.6) is 0 Å². The molecule has 0 amide bonds.